The molecule has 0 aliphatic carbocycles. The lowest BCUT2D eigenvalue weighted by atomic mass is 9.98. The molecular formula is C12H23BrN2. The van der Waals surface area contributed by atoms with Crippen molar-refractivity contribution in [1.29, 1.82) is 0 Å². The van der Waals surface area contributed by atoms with Crippen molar-refractivity contribution < 1.29 is 0 Å². The highest BCUT2D eigenvalue weighted by Gasteiger charge is 2.28. The number of rotatable bonds is 4. The normalized spacial score (nSPS) is 28.3. The van der Waals surface area contributed by atoms with E-state index in [1.165, 1.54) is 6.42 Å². The fourth-order valence-corrected chi connectivity index (χ4v) is 2.55. The number of halogens is 1. The highest BCUT2D eigenvalue weighted by Crippen LogP contribution is 2.18. The maximum absolute atomic E-state index is 3.95. The molecule has 2 atom stereocenters. The van der Waals surface area contributed by atoms with Crippen LogP contribution in [0.1, 0.15) is 27.2 Å². The van der Waals surface area contributed by atoms with Crippen molar-refractivity contribution in [3.63, 3.8) is 0 Å². The van der Waals surface area contributed by atoms with Gasteiger partial charge in [-0.1, -0.05) is 43.3 Å². The first-order chi connectivity index (χ1) is 7.04. The molecule has 0 bridgehead atoms. The molecule has 1 heterocycles. The molecular weight excluding hydrogens is 252 g/mol. The van der Waals surface area contributed by atoms with E-state index in [4.69, 9.17) is 0 Å². The van der Waals surface area contributed by atoms with E-state index in [2.05, 4.69) is 53.5 Å². The Bertz CT molecular complexity index is 216. The summed E-state index contributed by atoms with van der Waals surface area (Å²) in [6.07, 6.45) is 1.20. The van der Waals surface area contributed by atoms with Crippen molar-refractivity contribution >= 4 is 15.9 Å². The smallest absolute Gasteiger partial charge is 0.0298 e. The fraction of sp³-hybridized carbons (Fsp3) is 0.833. The number of nitrogens with one attached hydrogen (secondary N) is 1. The lowest BCUT2D eigenvalue weighted by Gasteiger charge is -2.42. The van der Waals surface area contributed by atoms with Crippen LogP contribution in [-0.2, 0) is 0 Å². The average Bonchev–Trinajstić information content (AvgIpc) is 2.16. The van der Waals surface area contributed by atoms with Gasteiger partial charge in [0, 0.05) is 36.2 Å². The van der Waals surface area contributed by atoms with Crippen LogP contribution < -0.4 is 5.32 Å². The van der Waals surface area contributed by atoms with E-state index in [9.17, 15) is 0 Å². The summed E-state index contributed by atoms with van der Waals surface area (Å²) in [5.41, 5.74) is 0. The summed E-state index contributed by atoms with van der Waals surface area (Å²) >= 11 is 3.47. The highest BCUT2D eigenvalue weighted by molar-refractivity contribution is 9.11. The third kappa shape index (κ3) is 3.89. The third-order valence-electron chi connectivity index (χ3n) is 3.18. The van der Waals surface area contributed by atoms with Crippen molar-refractivity contribution in [2.45, 2.75) is 39.3 Å². The Hall–Kier alpha value is 0.140. The zero-order valence-electron chi connectivity index (χ0n) is 10.1. The molecule has 0 spiro atoms. The number of hydrogen-bond donors (Lipinski definition) is 1. The first-order valence-corrected chi connectivity index (χ1v) is 6.64. The monoisotopic (exact) mass is 274 g/mol. The van der Waals surface area contributed by atoms with Gasteiger partial charge in [-0.25, -0.2) is 0 Å². The van der Waals surface area contributed by atoms with Crippen LogP contribution in [0.15, 0.2) is 11.1 Å². The molecule has 1 aliphatic heterocycles. The van der Waals surface area contributed by atoms with Crippen LogP contribution in [0.4, 0.5) is 0 Å². The van der Waals surface area contributed by atoms with E-state index >= 15 is 0 Å². The summed E-state index contributed by atoms with van der Waals surface area (Å²) in [6, 6.07) is 1.29. The largest absolute Gasteiger partial charge is 0.311 e. The van der Waals surface area contributed by atoms with Crippen molar-refractivity contribution in [1.82, 2.24) is 10.2 Å². The van der Waals surface area contributed by atoms with Gasteiger partial charge in [-0.2, -0.15) is 0 Å². The summed E-state index contributed by atoms with van der Waals surface area (Å²) in [5, 5.41) is 3.62. The van der Waals surface area contributed by atoms with Gasteiger partial charge in [0.1, 0.15) is 0 Å². The minimum atomic E-state index is 0.641. The van der Waals surface area contributed by atoms with E-state index in [1.54, 1.807) is 0 Å². The van der Waals surface area contributed by atoms with Crippen molar-refractivity contribution in [3.8, 4) is 0 Å². The minimum Gasteiger partial charge on any atom is -0.311 e. The van der Waals surface area contributed by atoms with Crippen LogP contribution in [0.3, 0.4) is 0 Å². The van der Waals surface area contributed by atoms with E-state index in [0.29, 0.717) is 18.0 Å². The van der Waals surface area contributed by atoms with Crippen molar-refractivity contribution in [2.75, 3.05) is 19.6 Å². The quantitative estimate of drug-likeness (QED) is 0.848. The topological polar surface area (TPSA) is 15.3 Å². The van der Waals surface area contributed by atoms with Crippen LogP contribution in [0.5, 0.6) is 0 Å². The second kappa shape index (κ2) is 6.02. The summed E-state index contributed by atoms with van der Waals surface area (Å²) in [4.78, 5) is 2.55. The molecule has 0 aromatic heterocycles. The lowest BCUT2D eigenvalue weighted by Crippen LogP contribution is -2.58. The summed E-state index contributed by atoms with van der Waals surface area (Å²) in [6.45, 7) is 14.0. The molecule has 15 heavy (non-hydrogen) atoms. The van der Waals surface area contributed by atoms with Gasteiger partial charge in [-0.3, -0.25) is 4.90 Å². The van der Waals surface area contributed by atoms with Gasteiger partial charge in [-0.05, 0) is 12.3 Å². The van der Waals surface area contributed by atoms with E-state index < -0.39 is 0 Å². The fourth-order valence-electron chi connectivity index (χ4n) is 2.23. The first-order valence-electron chi connectivity index (χ1n) is 5.85. The molecule has 2 unspecified atom stereocenters. The average molecular weight is 275 g/mol. The van der Waals surface area contributed by atoms with Gasteiger partial charge in [-0.15, -0.1) is 0 Å². The molecule has 1 fully saturated rings. The predicted molar refractivity (Wildman–Crippen MR) is 70.3 cm³/mol. The van der Waals surface area contributed by atoms with E-state index in [0.717, 1.165) is 24.1 Å². The molecule has 0 saturated carbocycles. The van der Waals surface area contributed by atoms with Crippen LogP contribution >= 0.6 is 15.9 Å². The molecule has 88 valence electrons. The van der Waals surface area contributed by atoms with Gasteiger partial charge < -0.3 is 5.32 Å². The van der Waals surface area contributed by atoms with Gasteiger partial charge in [0.05, 0.1) is 0 Å². The SMILES string of the molecule is C=C(Br)CN1CC(CC)NCC1C(C)C. The van der Waals surface area contributed by atoms with Gasteiger partial charge in [0.25, 0.3) is 0 Å². The lowest BCUT2D eigenvalue weighted by molar-refractivity contribution is 0.109. The molecule has 0 aromatic rings. The summed E-state index contributed by atoms with van der Waals surface area (Å²) in [5.74, 6) is 0.696. The van der Waals surface area contributed by atoms with Crippen LogP contribution in [-0.4, -0.2) is 36.6 Å². The summed E-state index contributed by atoms with van der Waals surface area (Å²) in [7, 11) is 0. The predicted octanol–water partition coefficient (Wildman–Crippen LogP) is 2.60. The Morgan fingerprint density at radius 2 is 2.27 bits per heavy atom. The molecule has 0 aromatic carbocycles. The van der Waals surface area contributed by atoms with Gasteiger partial charge in [0.15, 0.2) is 0 Å². The van der Waals surface area contributed by atoms with Crippen LogP contribution in [0, 0.1) is 5.92 Å². The van der Waals surface area contributed by atoms with Gasteiger partial charge >= 0.3 is 0 Å². The van der Waals surface area contributed by atoms with Crippen LogP contribution in [0.2, 0.25) is 0 Å². The third-order valence-corrected chi connectivity index (χ3v) is 3.43. The Kier molecular flexibility index (Phi) is 5.30. The molecule has 1 rings (SSSR count). The number of piperazine rings is 1. The number of hydrogen-bond acceptors (Lipinski definition) is 2. The Labute approximate surface area is 102 Å². The van der Waals surface area contributed by atoms with Crippen molar-refractivity contribution in [2.24, 2.45) is 5.92 Å². The van der Waals surface area contributed by atoms with Crippen LogP contribution in [0.25, 0.3) is 0 Å². The maximum atomic E-state index is 3.95. The Morgan fingerprint density at radius 1 is 1.60 bits per heavy atom. The van der Waals surface area contributed by atoms with E-state index in [-0.39, 0.29) is 0 Å². The first kappa shape index (κ1) is 13.2. The molecule has 0 radical (unpaired) electrons. The molecule has 3 heteroatoms. The molecule has 1 saturated heterocycles. The molecule has 1 aliphatic rings. The van der Waals surface area contributed by atoms with Gasteiger partial charge in [0.2, 0.25) is 0 Å². The van der Waals surface area contributed by atoms with Crippen molar-refractivity contribution in [3.05, 3.63) is 11.1 Å². The second-order valence-electron chi connectivity index (χ2n) is 4.77. The highest BCUT2D eigenvalue weighted by atomic mass is 79.9. The minimum absolute atomic E-state index is 0.641. The van der Waals surface area contributed by atoms with E-state index in [1.807, 2.05) is 0 Å². The second-order valence-corrected chi connectivity index (χ2v) is 5.89. The molecule has 2 nitrogen and oxygen atoms in total. The zero-order valence-corrected chi connectivity index (χ0v) is 11.7. The standard InChI is InChI=1S/C12H23BrN2/c1-5-11-8-15(7-10(4)13)12(6-14-11)9(2)3/h9,11-12,14H,4-8H2,1-3H3. The molecule has 1 N–H and O–H groups in total. The Balaban J connectivity index is 2.60. The Morgan fingerprint density at radius 3 is 2.73 bits per heavy atom. The molecule has 0 amide bonds. The zero-order chi connectivity index (χ0) is 11.4. The number of nitrogens with zero attached hydrogens (tertiary/aromatic N) is 1. The summed E-state index contributed by atoms with van der Waals surface area (Å²) < 4.78 is 1.09. The maximum Gasteiger partial charge on any atom is 0.0298 e.